The maximum Gasteiger partial charge on any atom is 0.277 e. The number of piperazine rings is 1. The molecule has 0 atom stereocenters. The molecule has 3 amide bonds. The first-order valence-corrected chi connectivity index (χ1v) is 16.6. The van der Waals surface area contributed by atoms with E-state index in [1.807, 2.05) is 27.0 Å². The predicted molar refractivity (Wildman–Crippen MR) is 182 cm³/mol. The average Bonchev–Trinajstić information content (AvgIpc) is 3.46. The molecule has 252 valence electrons. The molecule has 0 bridgehead atoms. The summed E-state index contributed by atoms with van der Waals surface area (Å²) in [6, 6.07) is 10.7. The predicted octanol–water partition coefficient (Wildman–Crippen LogP) is 4.49. The number of nitrogens with one attached hydrogen (secondary N) is 1. The van der Waals surface area contributed by atoms with Crippen LogP contribution in [0.5, 0.6) is 0 Å². The molecule has 4 heterocycles. The third kappa shape index (κ3) is 7.90. The van der Waals surface area contributed by atoms with Gasteiger partial charge in [-0.2, -0.15) is 5.10 Å². The maximum absolute atomic E-state index is 13.8. The van der Waals surface area contributed by atoms with E-state index in [9.17, 15) is 14.4 Å². The monoisotopic (exact) mass is 643 g/mol. The molecular weight excluding hydrogens is 594 g/mol. The van der Waals surface area contributed by atoms with Gasteiger partial charge in [-0.25, -0.2) is 0 Å². The van der Waals surface area contributed by atoms with Gasteiger partial charge in [0.2, 0.25) is 11.8 Å². The maximum atomic E-state index is 13.8. The number of benzene rings is 1. The number of anilines is 1. The molecule has 0 saturated carbocycles. The second kappa shape index (κ2) is 13.9. The molecule has 0 unspecified atom stereocenters. The molecule has 2 fully saturated rings. The number of ether oxygens (including phenoxy) is 1. The molecule has 1 N–H and O–H groups in total. The van der Waals surface area contributed by atoms with E-state index < -0.39 is 11.1 Å². The highest BCUT2D eigenvalue weighted by atomic mass is 16.5. The van der Waals surface area contributed by atoms with Gasteiger partial charge in [0.1, 0.15) is 5.54 Å². The molecule has 3 aromatic rings. The zero-order valence-electron chi connectivity index (χ0n) is 28.9. The second-order valence-electron chi connectivity index (χ2n) is 14.2. The fraction of sp³-hybridized carbons (Fsp3) is 0.528. The fourth-order valence-corrected chi connectivity index (χ4v) is 6.13. The Kier molecular flexibility index (Phi) is 10.2. The number of morpholine rings is 1. The van der Waals surface area contributed by atoms with Crippen LogP contribution in [-0.2, 0) is 32.8 Å². The zero-order valence-corrected chi connectivity index (χ0v) is 28.9. The molecule has 2 aliphatic heterocycles. The fourth-order valence-electron chi connectivity index (χ4n) is 6.13. The van der Waals surface area contributed by atoms with Crippen LogP contribution in [0.15, 0.2) is 42.7 Å². The lowest BCUT2D eigenvalue weighted by molar-refractivity contribution is -0.144. The van der Waals surface area contributed by atoms with Crippen LogP contribution in [0.4, 0.5) is 5.69 Å². The van der Waals surface area contributed by atoms with E-state index in [0.717, 1.165) is 61.7 Å². The van der Waals surface area contributed by atoms with Gasteiger partial charge < -0.3 is 19.9 Å². The summed E-state index contributed by atoms with van der Waals surface area (Å²) >= 11 is 0. The van der Waals surface area contributed by atoms with Gasteiger partial charge in [0, 0.05) is 64.1 Å². The minimum Gasteiger partial charge on any atom is -0.379 e. The van der Waals surface area contributed by atoms with Gasteiger partial charge in [0.25, 0.3) is 5.91 Å². The summed E-state index contributed by atoms with van der Waals surface area (Å²) in [6.07, 6.45) is 5.32. The molecule has 0 spiro atoms. The Morgan fingerprint density at radius 1 is 1.04 bits per heavy atom. The van der Waals surface area contributed by atoms with Gasteiger partial charge in [0.05, 0.1) is 30.1 Å². The highest BCUT2D eigenvalue weighted by molar-refractivity contribution is 6.04. The molecule has 0 radical (unpaired) electrons. The normalized spacial score (nSPS) is 17.2. The number of carbonyl (C=O) groups excluding carboxylic acids is 3. The van der Waals surface area contributed by atoms with Gasteiger partial charge in [-0.1, -0.05) is 24.3 Å². The van der Waals surface area contributed by atoms with E-state index in [2.05, 4.69) is 52.6 Å². The summed E-state index contributed by atoms with van der Waals surface area (Å²) in [5.41, 5.74) is 4.66. The summed E-state index contributed by atoms with van der Waals surface area (Å²) < 4.78 is 7.15. The first-order chi connectivity index (χ1) is 22.2. The number of aryl methyl sites for hydroxylation is 2. The number of hydrogen-bond acceptors (Lipinski definition) is 7. The van der Waals surface area contributed by atoms with Gasteiger partial charge in [-0.15, -0.1) is 0 Å². The number of hydrogen-bond donors (Lipinski definition) is 1. The Balaban J connectivity index is 1.22. The first kappa shape index (κ1) is 34.3. The number of carbonyl (C=O) groups is 3. The molecule has 1 aromatic carbocycles. The third-order valence-electron chi connectivity index (χ3n) is 9.12. The van der Waals surface area contributed by atoms with Crippen molar-refractivity contribution < 1.29 is 19.1 Å². The molecule has 2 aromatic heterocycles. The van der Waals surface area contributed by atoms with Crippen LogP contribution in [0.1, 0.15) is 74.8 Å². The van der Waals surface area contributed by atoms with Gasteiger partial charge >= 0.3 is 0 Å². The van der Waals surface area contributed by atoms with Gasteiger partial charge in [0.15, 0.2) is 5.69 Å². The van der Waals surface area contributed by atoms with Crippen LogP contribution in [0.25, 0.3) is 11.1 Å². The van der Waals surface area contributed by atoms with E-state index in [-0.39, 0.29) is 29.8 Å². The number of amides is 3. The van der Waals surface area contributed by atoms with Crippen molar-refractivity contribution in [2.45, 2.75) is 78.4 Å². The van der Waals surface area contributed by atoms with Gasteiger partial charge in [-0.05, 0) is 77.1 Å². The summed E-state index contributed by atoms with van der Waals surface area (Å²) in [4.78, 5) is 50.2. The zero-order chi connectivity index (χ0) is 33.9. The largest absolute Gasteiger partial charge is 0.379 e. The van der Waals surface area contributed by atoms with Crippen molar-refractivity contribution in [2.75, 3.05) is 51.8 Å². The topological polar surface area (TPSA) is 113 Å². The van der Waals surface area contributed by atoms with Crippen LogP contribution >= 0.6 is 0 Å². The number of rotatable bonds is 9. The SMILES string of the molecule is Cc1ccc(CCCC(=O)Nc2cn(C(C)(C)C)nc2C(=O)N2CCN(C)C(=O)C2(C)C)cc1-c1ccc(CN2CCOCC2)nc1. The summed E-state index contributed by atoms with van der Waals surface area (Å²) in [5, 5.41) is 7.56. The van der Waals surface area contributed by atoms with Crippen molar-refractivity contribution in [3.05, 3.63) is 65.2 Å². The quantitative estimate of drug-likeness (QED) is 0.366. The van der Waals surface area contributed by atoms with E-state index in [1.54, 1.807) is 41.6 Å². The van der Waals surface area contributed by atoms with Crippen molar-refractivity contribution in [3.8, 4) is 11.1 Å². The van der Waals surface area contributed by atoms with Crippen LogP contribution in [0.3, 0.4) is 0 Å². The molecule has 2 saturated heterocycles. The molecule has 11 heteroatoms. The Hall–Kier alpha value is -4.09. The van der Waals surface area contributed by atoms with Crippen molar-refractivity contribution in [1.29, 1.82) is 0 Å². The molecular formula is C36H49N7O4. The summed E-state index contributed by atoms with van der Waals surface area (Å²) in [6.45, 7) is 16.6. The number of likely N-dealkylation sites (N-methyl/N-ethyl adjacent to an activating group) is 1. The number of aromatic nitrogens is 3. The lowest BCUT2D eigenvalue weighted by Crippen LogP contribution is -2.63. The van der Waals surface area contributed by atoms with Crippen LogP contribution in [-0.4, -0.2) is 99.2 Å². The average molecular weight is 644 g/mol. The van der Waals surface area contributed by atoms with E-state index in [4.69, 9.17) is 9.72 Å². The highest BCUT2D eigenvalue weighted by Gasteiger charge is 2.44. The Morgan fingerprint density at radius 2 is 1.79 bits per heavy atom. The third-order valence-corrected chi connectivity index (χ3v) is 9.12. The minimum absolute atomic E-state index is 0.130. The standard InChI is InChI=1S/C36H49N7O4/c1-25-11-12-26(21-29(25)27-13-14-28(37-22-27)23-41-17-19-47-20-18-41)9-8-10-31(44)38-30-24-43(35(2,3)4)39-32(30)33(45)42-16-15-40(7)34(46)36(42,5)6/h11-14,21-22,24H,8-10,15-20,23H2,1-7H3,(H,38,44). The highest BCUT2D eigenvalue weighted by Crippen LogP contribution is 2.29. The van der Waals surface area contributed by atoms with Gasteiger partial charge in [-0.3, -0.25) is 28.9 Å². The van der Waals surface area contributed by atoms with Crippen molar-refractivity contribution in [1.82, 2.24) is 29.5 Å². The van der Waals surface area contributed by atoms with E-state index in [1.165, 1.54) is 5.56 Å². The van der Waals surface area contributed by atoms with Crippen LogP contribution < -0.4 is 5.32 Å². The minimum atomic E-state index is -1.02. The lowest BCUT2D eigenvalue weighted by Gasteiger charge is -2.44. The van der Waals surface area contributed by atoms with E-state index >= 15 is 0 Å². The molecule has 5 rings (SSSR count). The Labute approximate surface area is 278 Å². The smallest absolute Gasteiger partial charge is 0.277 e. The molecule has 11 nitrogen and oxygen atoms in total. The van der Waals surface area contributed by atoms with Crippen molar-refractivity contribution in [3.63, 3.8) is 0 Å². The van der Waals surface area contributed by atoms with Crippen LogP contribution in [0, 0.1) is 6.92 Å². The molecule has 2 aliphatic rings. The molecule has 0 aliphatic carbocycles. The first-order valence-electron chi connectivity index (χ1n) is 16.6. The van der Waals surface area contributed by atoms with Crippen molar-refractivity contribution in [2.24, 2.45) is 0 Å². The lowest BCUT2D eigenvalue weighted by atomic mass is 9.97. The molecule has 47 heavy (non-hydrogen) atoms. The Morgan fingerprint density at radius 3 is 2.47 bits per heavy atom. The number of pyridine rings is 1. The Bertz CT molecular complexity index is 1600. The van der Waals surface area contributed by atoms with Crippen LogP contribution in [0.2, 0.25) is 0 Å². The summed E-state index contributed by atoms with van der Waals surface area (Å²) in [7, 11) is 1.74. The van der Waals surface area contributed by atoms with Crippen molar-refractivity contribution >= 4 is 23.4 Å². The number of nitrogens with zero attached hydrogens (tertiary/aromatic N) is 6. The second-order valence-corrected chi connectivity index (χ2v) is 14.2. The van der Waals surface area contributed by atoms with E-state index in [0.29, 0.717) is 25.2 Å². The summed E-state index contributed by atoms with van der Waals surface area (Å²) in [5.74, 6) is -0.687.